The molecule has 2 aromatic heterocycles. The van der Waals surface area contributed by atoms with Crippen molar-refractivity contribution in [1.82, 2.24) is 9.88 Å². The minimum absolute atomic E-state index is 0.0161. The molecule has 0 spiro atoms. The second-order valence-corrected chi connectivity index (χ2v) is 6.83. The van der Waals surface area contributed by atoms with Crippen molar-refractivity contribution in [1.29, 1.82) is 0 Å². The number of pyridine rings is 1. The van der Waals surface area contributed by atoms with Gasteiger partial charge in [0.2, 0.25) is 0 Å². The molecule has 0 radical (unpaired) electrons. The Balaban J connectivity index is 1.63. The molecule has 0 saturated carbocycles. The maximum absolute atomic E-state index is 12.7. The highest BCUT2D eigenvalue weighted by atomic mass is 16.3. The van der Waals surface area contributed by atoms with Gasteiger partial charge < -0.3 is 9.32 Å². The van der Waals surface area contributed by atoms with Gasteiger partial charge in [-0.15, -0.1) is 0 Å². The Bertz CT molecular complexity index is 1150. The van der Waals surface area contributed by atoms with Gasteiger partial charge in [0.25, 0.3) is 5.91 Å². The second-order valence-electron chi connectivity index (χ2n) is 6.83. The van der Waals surface area contributed by atoms with Crippen LogP contribution in [0.5, 0.6) is 0 Å². The van der Waals surface area contributed by atoms with Crippen LogP contribution >= 0.6 is 0 Å². The molecule has 0 unspecified atom stereocenters. The van der Waals surface area contributed by atoms with Crippen molar-refractivity contribution >= 4 is 27.6 Å². The summed E-state index contributed by atoms with van der Waals surface area (Å²) in [5.74, 6) is 0.0161. The lowest BCUT2D eigenvalue weighted by Gasteiger charge is -2.29. The number of carbonyl (C=O) groups excluding carboxylic acids is 1. The van der Waals surface area contributed by atoms with Crippen LogP contribution in [0.2, 0.25) is 0 Å². The molecular weight excluding hydrogens is 324 g/mol. The first-order chi connectivity index (χ1) is 12.7. The van der Waals surface area contributed by atoms with Crippen LogP contribution < -0.4 is 0 Å². The molecule has 0 saturated heterocycles. The summed E-state index contributed by atoms with van der Waals surface area (Å²) < 4.78 is 5.06. The molecule has 0 N–H and O–H groups in total. The summed E-state index contributed by atoms with van der Waals surface area (Å²) in [4.78, 5) is 19.6. The quantitative estimate of drug-likeness (QED) is 0.479. The summed E-state index contributed by atoms with van der Waals surface area (Å²) in [6.07, 6.45) is 3.82. The number of benzene rings is 2. The van der Waals surface area contributed by atoms with Gasteiger partial charge in [0.1, 0.15) is 6.26 Å². The molecule has 5 rings (SSSR count). The monoisotopic (exact) mass is 342 g/mol. The Morgan fingerprint density at radius 2 is 2.00 bits per heavy atom. The summed E-state index contributed by atoms with van der Waals surface area (Å²) >= 11 is 0. The summed E-state index contributed by atoms with van der Waals surface area (Å²) in [6, 6.07) is 14.4. The van der Waals surface area contributed by atoms with Crippen LogP contribution in [-0.4, -0.2) is 22.3 Å². The zero-order valence-corrected chi connectivity index (χ0v) is 14.5. The SMILES string of the molecule is Cc1c2c(nc3c1ccc1ccccc13)CCN(C(=O)c1ccoc1)C2. The van der Waals surface area contributed by atoms with E-state index in [-0.39, 0.29) is 5.91 Å². The molecule has 4 aromatic rings. The van der Waals surface area contributed by atoms with Crippen molar-refractivity contribution in [3.05, 3.63) is 77.4 Å². The predicted molar refractivity (Wildman–Crippen MR) is 101 cm³/mol. The fourth-order valence-electron chi connectivity index (χ4n) is 3.93. The molecular formula is C22H18N2O2. The minimum atomic E-state index is 0.0161. The van der Waals surface area contributed by atoms with Gasteiger partial charge in [-0.2, -0.15) is 0 Å². The molecule has 26 heavy (non-hydrogen) atoms. The number of fused-ring (bicyclic) bond motifs is 4. The normalized spacial score (nSPS) is 14.0. The topological polar surface area (TPSA) is 46.3 Å². The largest absolute Gasteiger partial charge is 0.472 e. The van der Waals surface area contributed by atoms with Crippen molar-refractivity contribution in [2.24, 2.45) is 0 Å². The van der Waals surface area contributed by atoms with Gasteiger partial charge in [-0.25, -0.2) is 0 Å². The molecule has 1 amide bonds. The van der Waals surface area contributed by atoms with Crippen LogP contribution in [0, 0.1) is 6.92 Å². The van der Waals surface area contributed by atoms with E-state index in [9.17, 15) is 4.79 Å². The molecule has 0 atom stereocenters. The minimum Gasteiger partial charge on any atom is -0.472 e. The summed E-state index contributed by atoms with van der Waals surface area (Å²) in [5.41, 5.74) is 5.18. The number of aromatic nitrogens is 1. The molecule has 0 aliphatic carbocycles. The van der Waals surface area contributed by atoms with E-state index in [0.29, 0.717) is 18.7 Å². The van der Waals surface area contributed by atoms with Crippen molar-refractivity contribution in [2.75, 3.05) is 6.54 Å². The maximum atomic E-state index is 12.7. The van der Waals surface area contributed by atoms with Crippen LogP contribution in [0.1, 0.15) is 27.2 Å². The number of rotatable bonds is 1. The third-order valence-electron chi connectivity index (χ3n) is 5.38. The van der Waals surface area contributed by atoms with Crippen LogP contribution in [0.15, 0.2) is 59.4 Å². The smallest absolute Gasteiger partial charge is 0.257 e. The van der Waals surface area contributed by atoms with Crippen LogP contribution in [0.3, 0.4) is 0 Å². The standard InChI is InChI=1S/C22H18N2O2/c1-14-17-7-6-15-4-2-3-5-18(15)21(17)23-20-8-10-24(12-19(14)20)22(25)16-9-11-26-13-16/h2-7,9,11,13H,8,10,12H2,1H3. The van der Waals surface area contributed by atoms with Gasteiger partial charge in [-0.1, -0.05) is 36.4 Å². The third kappa shape index (κ3) is 2.22. The van der Waals surface area contributed by atoms with Gasteiger partial charge >= 0.3 is 0 Å². The fourth-order valence-corrected chi connectivity index (χ4v) is 3.93. The highest BCUT2D eigenvalue weighted by Gasteiger charge is 2.25. The average Bonchev–Trinajstić information content (AvgIpc) is 3.22. The van der Waals surface area contributed by atoms with E-state index in [1.807, 2.05) is 4.90 Å². The van der Waals surface area contributed by atoms with Crippen molar-refractivity contribution in [2.45, 2.75) is 19.9 Å². The highest BCUT2D eigenvalue weighted by molar-refractivity contribution is 6.06. The maximum Gasteiger partial charge on any atom is 0.257 e. The first kappa shape index (κ1) is 15.1. The van der Waals surface area contributed by atoms with Gasteiger partial charge in [0.05, 0.1) is 17.3 Å². The number of aryl methyl sites for hydroxylation is 1. The van der Waals surface area contributed by atoms with Crippen LogP contribution in [0.4, 0.5) is 0 Å². The molecule has 0 bridgehead atoms. The Morgan fingerprint density at radius 1 is 1.12 bits per heavy atom. The third-order valence-corrected chi connectivity index (χ3v) is 5.38. The van der Waals surface area contributed by atoms with E-state index >= 15 is 0 Å². The molecule has 128 valence electrons. The Hall–Kier alpha value is -3.14. The van der Waals surface area contributed by atoms with E-state index in [1.54, 1.807) is 6.07 Å². The average molecular weight is 342 g/mol. The molecule has 4 nitrogen and oxygen atoms in total. The first-order valence-corrected chi connectivity index (χ1v) is 8.83. The van der Waals surface area contributed by atoms with E-state index in [0.717, 1.165) is 17.6 Å². The summed E-state index contributed by atoms with van der Waals surface area (Å²) in [5, 5.41) is 3.56. The Kier molecular flexibility index (Phi) is 3.32. The zero-order valence-electron chi connectivity index (χ0n) is 14.5. The molecule has 0 fully saturated rings. The molecule has 2 aromatic carbocycles. The number of hydrogen-bond acceptors (Lipinski definition) is 3. The van der Waals surface area contributed by atoms with E-state index in [2.05, 4.69) is 43.3 Å². The van der Waals surface area contributed by atoms with E-state index in [4.69, 9.17) is 9.40 Å². The zero-order chi connectivity index (χ0) is 17.7. The van der Waals surface area contributed by atoms with Crippen LogP contribution in [0.25, 0.3) is 21.7 Å². The van der Waals surface area contributed by atoms with Gasteiger partial charge in [0, 0.05) is 36.0 Å². The number of carbonyl (C=O) groups is 1. The molecule has 4 heteroatoms. The van der Waals surface area contributed by atoms with E-state index < -0.39 is 0 Å². The fraction of sp³-hybridized carbons (Fsp3) is 0.182. The van der Waals surface area contributed by atoms with Crippen molar-refractivity contribution < 1.29 is 9.21 Å². The number of nitrogens with zero attached hydrogens (tertiary/aromatic N) is 2. The number of furan rings is 1. The van der Waals surface area contributed by atoms with E-state index in [1.165, 1.54) is 39.8 Å². The summed E-state index contributed by atoms with van der Waals surface area (Å²) in [7, 11) is 0. The van der Waals surface area contributed by atoms with Gasteiger partial charge in [-0.05, 0) is 29.5 Å². The first-order valence-electron chi connectivity index (χ1n) is 8.83. The molecule has 1 aliphatic rings. The number of hydrogen-bond donors (Lipinski definition) is 0. The predicted octanol–water partition coefficient (Wildman–Crippen LogP) is 4.49. The van der Waals surface area contributed by atoms with Crippen LogP contribution in [-0.2, 0) is 13.0 Å². The Morgan fingerprint density at radius 3 is 2.85 bits per heavy atom. The summed E-state index contributed by atoms with van der Waals surface area (Å²) in [6.45, 7) is 3.42. The number of amides is 1. The van der Waals surface area contributed by atoms with Gasteiger partial charge in [0.15, 0.2) is 0 Å². The molecule has 1 aliphatic heterocycles. The van der Waals surface area contributed by atoms with Crippen molar-refractivity contribution in [3.8, 4) is 0 Å². The lowest BCUT2D eigenvalue weighted by molar-refractivity contribution is 0.0732. The highest BCUT2D eigenvalue weighted by Crippen LogP contribution is 2.32. The lowest BCUT2D eigenvalue weighted by Crippen LogP contribution is -2.36. The van der Waals surface area contributed by atoms with Gasteiger partial charge in [-0.3, -0.25) is 9.78 Å². The van der Waals surface area contributed by atoms with Crippen molar-refractivity contribution in [3.63, 3.8) is 0 Å². The molecule has 3 heterocycles. The lowest BCUT2D eigenvalue weighted by atomic mass is 9.94. The second kappa shape index (κ2) is 5.70. The Labute approximate surface area is 151 Å².